The molecular formula is C29H35N3O6S. The Hall–Kier alpha value is -4.05. The van der Waals surface area contributed by atoms with Crippen LogP contribution in [0, 0.1) is 0 Å². The van der Waals surface area contributed by atoms with Crippen molar-refractivity contribution in [1.29, 1.82) is 0 Å². The third-order valence-corrected chi connectivity index (χ3v) is 7.27. The summed E-state index contributed by atoms with van der Waals surface area (Å²) < 4.78 is 37.5. The first kappa shape index (κ1) is 29.5. The van der Waals surface area contributed by atoms with E-state index in [1.54, 1.807) is 56.5 Å². The fourth-order valence-corrected chi connectivity index (χ4v) is 5.10. The van der Waals surface area contributed by atoms with Crippen LogP contribution in [0.5, 0.6) is 11.5 Å². The molecule has 0 spiro atoms. The van der Waals surface area contributed by atoms with E-state index in [1.165, 1.54) is 12.0 Å². The number of rotatable bonds is 13. The Labute approximate surface area is 230 Å². The number of nitrogens with one attached hydrogen (secondary N) is 1. The number of carbonyl (C=O) groups excluding carboxylic acids is 2. The van der Waals surface area contributed by atoms with Gasteiger partial charge in [0.1, 0.15) is 24.1 Å². The molecular weight excluding hydrogens is 518 g/mol. The van der Waals surface area contributed by atoms with Crippen molar-refractivity contribution in [1.82, 2.24) is 10.2 Å². The number of amides is 2. The molecule has 0 aliphatic heterocycles. The van der Waals surface area contributed by atoms with Gasteiger partial charge in [-0.3, -0.25) is 13.9 Å². The summed E-state index contributed by atoms with van der Waals surface area (Å²) in [6.45, 7) is 1.73. The van der Waals surface area contributed by atoms with Crippen LogP contribution in [0.2, 0.25) is 0 Å². The Morgan fingerprint density at radius 3 is 2.21 bits per heavy atom. The van der Waals surface area contributed by atoms with E-state index in [4.69, 9.17) is 9.47 Å². The van der Waals surface area contributed by atoms with Crippen LogP contribution in [0.4, 0.5) is 5.69 Å². The summed E-state index contributed by atoms with van der Waals surface area (Å²) in [5.41, 5.74) is 1.82. The smallest absolute Gasteiger partial charge is 0.244 e. The molecule has 0 saturated carbocycles. The van der Waals surface area contributed by atoms with E-state index in [2.05, 4.69) is 5.32 Å². The summed E-state index contributed by atoms with van der Waals surface area (Å²) in [5.74, 6) is 0.0334. The second-order valence-electron chi connectivity index (χ2n) is 8.91. The topological polar surface area (TPSA) is 105 Å². The molecule has 1 atom stereocenters. The molecule has 0 saturated heterocycles. The van der Waals surface area contributed by atoms with Gasteiger partial charge in [0.25, 0.3) is 0 Å². The summed E-state index contributed by atoms with van der Waals surface area (Å²) in [6, 6.07) is 22.3. The minimum Gasteiger partial charge on any atom is -0.497 e. The van der Waals surface area contributed by atoms with Gasteiger partial charge < -0.3 is 19.7 Å². The number of likely N-dealkylation sites (N-methyl/N-ethyl adjacent to an activating group) is 1. The van der Waals surface area contributed by atoms with Gasteiger partial charge in [-0.1, -0.05) is 54.6 Å². The van der Waals surface area contributed by atoms with Crippen molar-refractivity contribution in [2.75, 3.05) is 37.9 Å². The SMILES string of the molecule is CCNC(=O)C(Cc1ccccc1)N(Cc1cccc(OC)c1)C(=O)CN(c1ccccc1OC)S(C)(=O)=O. The number of sulfonamides is 1. The molecule has 208 valence electrons. The number of benzene rings is 3. The maximum atomic E-state index is 14.0. The van der Waals surface area contributed by atoms with Crippen molar-refractivity contribution in [2.24, 2.45) is 0 Å². The van der Waals surface area contributed by atoms with E-state index in [-0.39, 0.29) is 24.6 Å². The second kappa shape index (κ2) is 13.7. The van der Waals surface area contributed by atoms with Crippen LogP contribution in [0.3, 0.4) is 0 Å². The first-order chi connectivity index (χ1) is 18.7. The second-order valence-corrected chi connectivity index (χ2v) is 10.8. The fraction of sp³-hybridized carbons (Fsp3) is 0.310. The monoisotopic (exact) mass is 553 g/mol. The largest absolute Gasteiger partial charge is 0.497 e. The number of carbonyl (C=O) groups is 2. The summed E-state index contributed by atoms with van der Waals surface area (Å²) in [7, 11) is -0.913. The molecule has 0 bridgehead atoms. The van der Waals surface area contributed by atoms with Gasteiger partial charge >= 0.3 is 0 Å². The van der Waals surface area contributed by atoms with Crippen molar-refractivity contribution in [3.63, 3.8) is 0 Å². The van der Waals surface area contributed by atoms with Crippen LogP contribution in [-0.2, 0) is 32.6 Å². The zero-order valence-corrected chi connectivity index (χ0v) is 23.5. The minimum absolute atomic E-state index is 0.0637. The van der Waals surface area contributed by atoms with E-state index in [9.17, 15) is 18.0 Å². The highest BCUT2D eigenvalue weighted by atomic mass is 32.2. The molecule has 3 aromatic carbocycles. The molecule has 0 radical (unpaired) electrons. The van der Waals surface area contributed by atoms with Crippen LogP contribution in [0.15, 0.2) is 78.9 Å². The minimum atomic E-state index is -3.89. The molecule has 0 aliphatic carbocycles. The lowest BCUT2D eigenvalue weighted by molar-refractivity contribution is -0.140. The number of hydrogen-bond acceptors (Lipinski definition) is 6. The standard InChI is InChI=1S/C29H35N3O6S/c1-5-30-29(34)26(19-22-12-7-6-8-13-22)31(20-23-14-11-15-24(18-23)37-2)28(33)21-32(39(4,35)36)25-16-9-10-17-27(25)38-3/h6-18,26H,5,19-21H2,1-4H3,(H,30,34). The normalized spacial score (nSPS) is 11.8. The summed E-state index contributed by atoms with van der Waals surface area (Å²) >= 11 is 0. The first-order valence-corrected chi connectivity index (χ1v) is 14.4. The molecule has 3 aromatic rings. The van der Waals surface area contributed by atoms with Gasteiger partial charge in [0, 0.05) is 19.5 Å². The zero-order chi connectivity index (χ0) is 28.4. The number of methoxy groups -OCH3 is 2. The Balaban J connectivity index is 2.07. The van der Waals surface area contributed by atoms with Crippen molar-refractivity contribution >= 4 is 27.5 Å². The molecule has 10 heteroatoms. The Kier molecular flexibility index (Phi) is 10.3. The van der Waals surface area contributed by atoms with Gasteiger partial charge in [0.05, 0.1) is 26.2 Å². The molecule has 3 rings (SSSR count). The van der Waals surface area contributed by atoms with Crippen molar-refractivity contribution in [2.45, 2.75) is 25.9 Å². The summed E-state index contributed by atoms with van der Waals surface area (Å²) in [6.07, 6.45) is 1.28. The molecule has 1 N–H and O–H groups in total. The third-order valence-electron chi connectivity index (χ3n) is 6.14. The van der Waals surface area contributed by atoms with Gasteiger partial charge in [-0.2, -0.15) is 0 Å². The van der Waals surface area contributed by atoms with Crippen LogP contribution in [-0.4, -0.2) is 64.7 Å². The fourth-order valence-electron chi connectivity index (χ4n) is 4.24. The Morgan fingerprint density at radius 1 is 0.897 bits per heavy atom. The lowest BCUT2D eigenvalue weighted by Crippen LogP contribution is -2.53. The number of anilines is 1. The third kappa shape index (κ3) is 7.97. The molecule has 0 aromatic heterocycles. The van der Waals surface area contributed by atoms with E-state index < -0.39 is 28.5 Å². The van der Waals surface area contributed by atoms with Crippen LogP contribution in [0.1, 0.15) is 18.1 Å². The number of ether oxygens (including phenoxy) is 2. The van der Waals surface area contributed by atoms with Gasteiger partial charge in [-0.25, -0.2) is 8.42 Å². The van der Waals surface area contributed by atoms with Gasteiger partial charge in [0.2, 0.25) is 21.8 Å². The summed E-state index contributed by atoms with van der Waals surface area (Å²) in [4.78, 5) is 28.8. The molecule has 0 fully saturated rings. The average molecular weight is 554 g/mol. The van der Waals surface area contributed by atoms with Gasteiger partial charge in [-0.05, 0) is 42.3 Å². The van der Waals surface area contributed by atoms with E-state index in [1.807, 2.05) is 36.4 Å². The van der Waals surface area contributed by atoms with Crippen molar-refractivity contribution in [3.05, 3.63) is 90.0 Å². The molecule has 0 heterocycles. The van der Waals surface area contributed by atoms with E-state index in [0.717, 1.165) is 21.7 Å². The Morgan fingerprint density at radius 2 is 1.56 bits per heavy atom. The molecule has 2 amide bonds. The lowest BCUT2D eigenvalue weighted by Gasteiger charge is -2.33. The maximum Gasteiger partial charge on any atom is 0.244 e. The molecule has 9 nitrogen and oxygen atoms in total. The lowest BCUT2D eigenvalue weighted by atomic mass is 10.0. The number of nitrogens with zero attached hydrogens (tertiary/aromatic N) is 2. The van der Waals surface area contributed by atoms with Crippen LogP contribution in [0.25, 0.3) is 0 Å². The zero-order valence-electron chi connectivity index (χ0n) is 22.7. The van der Waals surface area contributed by atoms with E-state index >= 15 is 0 Å². The quantitative estimate of drug-likeness (QED) is 0.349. The van der Waals surface area contributed by atoms with Crippen LogP contribution < -0.4 is 19.1 Å². The number of hydrogen-bond donors (Lipinski definition) is 1. The number of para-hydroxylation sites is 2. The van der Waals surface area contributed by atoms with Gasteiger partial charge in [-0.15, -0.1) is 0 Å². The predicted octanol–water partition coefficient (Wildman–Crippen LogP) is 3.25. The highest BCUT2D eigenvalue weighted by Gasteiger charge is 2.33. The molecule has 0 aliphatic rings. The predicted molar refractivity (Wildman–Crippen MR) is 151 cm³/mol. The van der Waals surface area contributed by atoms with Crippen LogP contribution >= 0.6 is 0 Å². The molecule has 1 unspecified atom stereocenters. The summed E-state index contributed by atoms with van der Waals surface area (Å²) in [5, 5.41) is 2.83. The highest BCUT2D eigenvalue weighted by molar-refractivity contribution is 7.92. The average Bonchev–Trinajstić information content (AvgIpc) is 2.93. The van der Waals surface area contributed by atoms with Crippen molar-refractivity contribution < 1.29 is 27.5 Å². The first-order valence-electron chi connectivity index (χ1n) is 12.5. The maximum absolute atomic E-state index is 14.0. The van der Waals surface area contributed by atoms with E-state index in [0.29, 0.717) is 18.0 Å². The van der Waals surface area contributed by atoms with Gasteiger partial charge in [0.15, 0.2) is 0 Å². The highest BCUT2D eigenvalue weighted by Crippen LogP contribution is 2.30. The Bertz CT molecular complexity index is 1360. The van der Waals surface area contributed by atoms with Crippen molar-refractivity contribution in [3.8, 4) is 11.5 Å². The molecule has 39 heavy (non-hydrogen) atoms.